The van der Waals surface area contributed by atoms with E-state index >= 15 is 0 Å². The first-order chi connectivity index (χ1) is 5.91. The van der Waals surface area contributed by atoms with Crippen molar-refractivity contribution in [3.63, 3.8) is 0 Å². The predicted molar refractivity (Wildman–Crippen MR) is 53.3 cm³/mol. The second-order valence-corrected chi connectivity index (χ2v) is 2.77. The van der Waals surface area contributed by atoms with Crippen molar-refractivity contribution in [3.8, 4) is 0 Å². The van der Waals surface area contributed by atoms with E-state index in [1.807, 2.05) is 12.2 Å². The van der Waals surface area contributed by atoms with Crippen LogP contribution in [0.3, 0.4) is 0 Å². The molecule has 0 unspecified atom stereocenters. The van der Waals surface area contributed by atoms with Gasteiger partial charge in [0.05, 0.1) is 6.61 Å². The van der Waals surface area contributed by atoms with Gasteiger partial charge in [-0.25, -0.2) is 0 Å². The summed E-state index contributed by atoms with van der Waals surface area (Å²) in [6.07, 6.45) is 8.71. The fraction of sp³-hybridized carbons (Fsp3) is 0.727. The topological polar surface area (TPSA) is 9.23 Å². The third-order valence-electron chi connectivity index (χ3n) is 1.53. The average Bonchev–Trinajstić information content (AvgIpc) is 2.10. The van der Waals surface area contributed by atoms with Crippen LogP contribution in [0.4, 0.5) is 0 Å². The second-order valence-electron chi connectivity index (χ2n) is 2.77. The highest BCUT2D eigenvalue weighted by Gasteiger charge is 1.84. The molecule has 0 fully saturated rings. The van der Waals surface area contributed by atoms with Crippen LogP contribution < -0.4 is 0 Å². The summed E-state index contributed by atoms with van der Waals surface area (Å²) < 4.78 is 5.34. The highest BCUT2D eigenvalue weighted by molar-refractivity contribution is 4.83. The zero-order chi connectivity index (χ0) is 9.07. The average molecular weight is 168 g/mol. The van der Waals surface area contributed by atoms with Gasteiger partial charge >= 0.3 is 0 Å². The molecule has 0 aromatic carbocycles. The van der Waals surface area contributed by atoms with Crippen LogP contribution in [0, 0.1) is 0 Å². The molecule has 0 aromatic rings. The Morgan fingerprint density at radius 3 is 2.67 bits per heavy atom. The molecule has 1 heteroatoms. The number of hydrogen-bond acceptors (Lipinski definition) is 1. The highest BCUT2D eigenvalue weighted by atomic mass is 16.5. The van der Waals surface area contributed by atoms with Crippen molar-refractivity contribution >= 4 is 0 Å². The molecule has 70 valence electrons. The quantitative estimate of drug-likeness (QED) is 0.418. The Bertz CT molecular complexity index is 132. The summed E-state index contributed by atoms with van der Waals surface area (Å²) in [5.41, 5.74) is 3.05. The van der Waals surface area contributed by atoms with Crippen molar-refractivity contribution in [1.29, 1.82) is 0 Å². The van der Waals surface area contributed by atoms with E-state index in [9.17, 15) is 0 Å². The zero-order valence-corrected chi connectivity index (χ0v) is 8.31. The SMILES string of the molecule is CCC=C=CCOCCCCC. The lowest BCUT2D eigenvalue weighted by molar-refractivity contribution is 0.157. The maximum atomic E-state index is 5.34. The largest absolute Gasteiger partial charge is 0.377 e. The number of unbranched alkanes of at least 4 members (excludes halogenated alkanes) is 2. The Morgan fingerprint density at radius 2 is 2.00 bits per heavy atom. The minimum atomic E-state index is 0.709. The van der Waals surface area contributed by atoms with E-state index in [2.05, 4.69) is 19.6 Å². The van der Waals surface area contributed by atoms with Gasteiger partial charge in [-0.1, -0.05) is 26.7 Å². The molecule has 0 amide bonds. The predicted octanol–water partition coefficient (Wildman–Crippen LogP) is 3.31. The van der Waals surface area contributed by atoms with Crippen LogP contribution >= 0.6 is 0 Å². The monoisotopic (exact) mass is 168 g/mol. The van der Waals surface area contributed by atoms with E-state index in [1.54, 1.807) is 0 Å². The summed E-state index contributed by atoms with van der Waals surface area (Å²) in [4.78, 5) is 0. The summed E-state index contributed by atoms with van der Waals surface area (Å²) in [7, 11) is 0. The third kappa shape index (κ3) is 9.48. The van der Waals surface area contributed by atoms with Crippen molar-refractivity contribution in [1.82, 2.24) is 0 Å². The van der Waals surface area contributed by atoms with Gasteiger partial charge < -0.3 is 4.74 Å². The zero-order valence-electron chi connectivity index (χ0n) is 8.31. The highest BCUT2D eigenvalue weighted by Crippen LogP contribution is 1.93. The van der Waals surface area contributed by atoms with Crippen LogP contribution in [0.25, 0.3) is 0 Å². The van der Waals surface area contributed by atoms with Gasteiger partial charge in [0.15, 0.2) is 0 Å². The Morgan fingerprint density at radius 1 is 1.17 bits per heavy atom. The second kappa shape index (κ2) is 10.5. The molecular weight excluding hydrogens is 148 g/mol. The normalized spacial score (nSPS) is 9.17. The number of ether oxygens (including phenoxy) is 1. The molecule has 0 heterocycles. The Kier molecular flexibility index (Phi) is 10.0. The molecule has 0 rings (SSSR count). The van der Waals surface area contributed by atoms with Crippen LogP contribution in [-0.4, -0.2) is 13.2 Å². The van der Waals surface area contributed by atoms with Crippen LogP contribution in [0.15, 0.2) is 17.9 Å². The lowest BCUT2D eigenvalue weighted by Crippen LogP contribution is -1.93. The lowest BCUT2D eigenvalue weighted by Gasteiger charge is -1.97. The molecule has 0 radical (unpaired) electrons. The molecule has 1 nitrogen and oxygen atoms in total. The molecule has 0 saturated heterocycles. The van der Waals surface area contributed by atoms with E-state index in [4.69, 9.17) is 4.74 Å². The minimum absolute atomic E-state index is 0.709. The standard InChI is InChI=1S/C11H20O/c1-3-5-7-9-11-12-10-8-6-4-2/h5,9H,3-4,6,8,10-11H2,1-2H3. The fourth-order valence-electron chi connectivity index (χ4n) is 0.846. The van der Waals surface area contributed by atoms with Gasteiger partial charge in [0.2, 0.25) is 0 Å². The fourth-order valence-corrected chi connectivity index (χ4v) is 0.846. The van der Waals surface area contributed by atoms with E-state index in [-0.39, 0.29) is 0 Å². The van der Waals surface area contributed by atoms with Crippen molar-refractivity contribution in [2.75, 3.05) is 13.2 Å². The van der Waals surface area contributed by atoms with Crippen LogP contribution in [0.2, 0.25) is 0 Å². The Labute approximate surface area is 76.1 Å². The summed E-state index contributed by atoms with van der Waals surface area (Å²) >= 11 is 0. The van der Waals surface area contributed by atoms with Crippen LogP contribution in [0.5, 0.6) is 0 Å². The van der Waals surface area contributed by atoms with E-state index in [0.29, 0.717) is 6.61 Å². The smallest absolute Gasteiger partial charge is 0.0721 e. The number of rotatable bonds is 7. The maximum absolute atomic E-state index is 5.34. The van der Waals surface area contributed by atoms with Crippen molar-refractivity contribution in [3.05, 3.63) is 17.9 Å². The summed E-state index contributed by atoms with van der Waals surface area (Å²) in [6.45, 7) is 5.89. The summed E-state index contributed by atoms with van der Waals surface area (Å²) in [5, 5.41) is 0. The molecule has 0 spiro atoms. The minimum Gasteiger partial charge on any atom is -0.377 e. The molecule has 0 saturated carbocycles. The van der Waals surface area contributed by atoms with Crippen molar-refractivity contribution < 1.29 is 4.74 Å². The van der Waals surface area contributed by atoms with Gasteiger partial charge in [-0.15, -0.1) is 5.73 Å². The van der Waals surface area contributed by atoms with Gasteiger partial charge in [-0.2, -0.15) is 0 Å². The molecule has 0 aliphatic rings. The van der Waals surface area contributed by atoms with Crippen molar-refractivity contribution in [2.24, 2.45) is 0 Å². The first-order valence-corrected chi connectivity index (χ1v) is 4.89. The van der Waals surface area contributed by atoms with E-state index < -0.39 is 0 Å². The third-order valence-corrected chi connectivity index (χ3v) is 1.53. The molecular formula is C11H20O. The van der Waals surface area contributed by atoms with Crippen LogP contribution in [0.1, 0.15) is 39.5 Å². The molecule has 12 heavy (non-hydrogen) atoms. The molecule has 0 aliphatic carbocycles. The van der Waals surface area contributed by atoms with E-state index in [1.165, 1.54) is 19.3 Å². The maximum Gasteiger partial charge on any atom is 0.0721 e. The molecule has 0 aliphatic heterocycles. The van der Waals surface area contributed by atoms with Gasteiger partial charge in [-0.05, 0) is 25.0 Å². The molecule has 0 aromatic heterocycles. The number of hydrogen-bond donors (Lipinski definition) is 0. The summed E-state index contributed by atoms with van der Waals surface area (Å²) in [6, 6.07) is 0. The Balaban J connectivity index is 3.05. The molecule has 0 bridgehead atoms. The molecule has 0 atom stereocenters. The van der Waals surface area contributed by atoms with Gasteiger partial charge in [0.25, 0.3) is 0 Å². The summed E-state index contributed by atoms with van der Waals surface area (Å²) in [5.74, 6) is 0. The Hall–Kier alpha value is -0.520. The van der Waals surface area contributed by atoms with Gasteiger partial charge in [-0.3, -0.25) is 0 Å². The first-order valence-electron chi connectivity index (χ1n) is 4.89. The van der Waals surface area contributed by atoms with Gasteiger partial charge in [0.1, 0.15) is 0 Å². The van der Waals surface area contributed by atoms with Crippen molar-refractivity contribution in [2.45, 2.75) is 39.5 Å². The lowest BCUT2D eigenvalue weighted by atomic mass is 10.3. The van der Waals surface area contributed by atoms with E-state index in [0.717, 1.165) is 13.0 Å². The molecule has 0 N–H and O–H groups in total. The van der Waals surface area contributed by atoms with Gasteiger partial charge in [0, 0.05) is 6.61 Å². The van der Waals surface area contributed by atoms with Crippen LogP contribution in [-0.2, 0) is 4.74 Å². The first kappa shape index (κ1) is 11.5.